The van der Waals surface area contributed by atoms with Gasteiger partial charge in [-0.1, -0.05) is 6.42 Å². The van der Waals surface area contributed by atoms with E-state index in [1.54, 1.807) is 0 Å². The summed E-state index contributed by atoms with van der Waals surface area (Å²) in [7, 11) is 0. The molecular formula is C15H29N3O. The van der Waals surface area contributed by atoms with E-state index in [2.05, 4.69) is 22.5 Å². The van der Waals surface area contributed by atoms with Crippen LogP contribution in [0.3, 0.4) is 0 Å². The van der Waals surface area contributed by atoms with Crippen LogP contribution in [0.2, 0.25) is 0 Å². The standard InChI is InChI=1S/C15H29N3O/c1-13(18-9-3-2-4-10-18)12-17-15(19)11-14-5-7-16-8-6-14/h13-14,16H,2-12H2,1H3,(H,17,19). The highest BCUT2D eigenvalue weighted by molar-refractivity contribution is 5.76. The maximum absolute atomic E-state index is 11.9. The average molecular weight is 267 g/mol. The van der Waals surface area contributed by atoms with E-state index >= 15 is 0 Å². The Labute approximate surface area is 117 Å². The third-order valence-corrected chi connectivity index (χ3v) is 4.54. The Kier molecular flexibility index (Phi) is 6.11. The van der Waals surface area contributed by atoms with Gasteiger partial charge in [0.05, 0.1) is 0 Å². The molecule has 0 radical (unpaired) electrons. The largest absolute Gasteiger partial charge is 0.355 e. The number of amides is 1. The summed E-state index contributed by atoms with van der Waals surface area (Å²) in [5.74, 6) is 0.835. The number of nitrogens with zero attached hydrogens (tertiary/aromatic N) is 1. The lowest BCUT2D eigenvalue weighted by molar-refractivity contribution is -0.122. The van der Waals surface area contributed by atoms with Crippen LogP contribution in [0.25, 0.3) is 0 Å². The smallest absolute Gasteiger partial charge is 0.220 e. The first-order valence-electron chi connectivity index (χ1n) is 7.97. The molecule has 0 saturated carbocycles. The minimum Gasteiger partial charge on any atom is -0.355 e. The fourth-order valence-electron chi connectivity index (χ4n) is 3.17. The van der Waals surface area contributed by atoms with Crippen LogP contribution in [0.5, 0.6) is 0 Å². The molecule has 0 aromatic rings. The van der Waals surface area contributed by atoms with Crippen LogP contribution in [0.1, 0.15) is 45.4 Å². The van der Waals surface area contributed by atoms with Gasteiger partial charge in [-0.05, 0) is 64.7 Å². The first-order valence-corrected chi connectivity index (χ1v) is 7.97. The second-order valence-electron chi connectivity index (χ2n) is 6.15. The van der Waals surface area contributed by atoms with E-state index in [-0.39, 0.29) is 5.91 Å². The van der Waals surface area contributed by atoms with Gasteiger partial charge in [-0.15, -0.1) is 0 Å². The molecule has 2 N–H and O–H groups in total. The number of nitrogens with one attached hydrogen (secondary N) is 2. The van der Waals surface area contributed by atoms with Crippen molar-refractivity contribution in [2.24, 2.45) is 5.92 Å². The molecule has 0 spiro atoms. The average Bonchev–Trinajstić information content (AvgIpc) is 2.47. The summed E-state index contributed by atoms with van der Waals surface area (Å²) in [6.45, 7) is 7.58. The van der Waals surface area contributed by atoms with E-state index in [1.165, 1.54) is 32.4 Å². The van der Waals surface area contributed by atoms with Gasteiger partial charge in [0.15, 0.2) is 0 Å². The van der Waals surface area contributed by atoms with Crippen LogP contribution in [0.15, 0.2) is 0 Å². The van der Waals surface area contributed by atoms with Crippen molar-refractivity contribution in [2.75, 3.05) is 32.7 Å². The number of hydrogen-bond acceptors (Lipinski definition) is 3. The van der Waals surface area contributed by atoms with Crippen molar-refractivity contribution in [3.05, 3.63) is 0 Å². The molecule has 0 aromatic heterocycles. The lowest BCUT2D eigenvalue weighted by Gasteiger charge is -2.32. The molecule has 4 heteroatoms. The van der Waals surface area contributed by atoms with Crippen molar-refractivity contribution in [3.63, 3.8) is 0 Å². The maximum Gasteiger partial charge on any atom is 0.220 e. The van der Waals surface area contributed by atoms with Gasteiger partial charge in [-0.25, -0.2) is 0 Å². The van der Waals surface area contributed by atoms with Gasteiger partial charge in [-0.3, -0.25) is 9.69 Å². The molecule has 2 aliphatic heterocycles. The van der Waals surface area contributed by atoms with Gasteiger partial charge < -0.3 is 10.6 Å². The number of carbonyl (C=O) groups excluding carboxylic acids is 1. The van der Waals surface area contributed by atoms with E-state index in [0.29, 0.717) is 18.4 Å². The normalized spacial score (nSPS) is 24.1. The topological polar surface area (TPSA) is 44.4 Å². The van der Waals surface area contributed by atoms with Crippen LogP contribution in [0, 0.1) is 5.92 Å². The van der Waals surface area contributed by atoms with Crippen molar-refractivity contribution in [3.8, 4) is 0 Å². The highest BCUT2D eigenvalue weighted by Crippen LogP contribution is 2.15. The second kappa shape index (κ2) is 7.85. The molecule has 19 heavy (non-hydrogen) atoms. The van der Waals surface area contributed by atoms with Crippen LogP contribution in [0.4, 0.5) is 0 Å². The molecule has 2 fully saturated rings. The predicted octanol–water partition coefficient (Wildman–Crippen LogP) is 1.37. The Hall–Kier alpha value is -0.610. The van der Waals surface area contributed by atoms with Crippen LogP contribution in [-0.4, -0.2) is 49.6 Å². The van der Waals surface area contributed by atoms with Crippen LogP contribution < -0.4 is 10.6 Å². The molecule has 1 unspecified atom stereocenters. The third-order valence-electron chi connectivity index (χ3n) is 4.54. The zero-order chi connectivity index (χ0) is 13.5. The van der Waals surface area contributed by atoms with Crippen molar-refractivity contribution in [1.82, 2.24) is 15.5 Å². The molecule has 2 aliphatic rings. The Balaban J connectivity index is 1.61. The van der Waals surface area contributed by atoms with Crippen molar-refractivity contribution >= 4 is 5.91 Å². The number of carbonyl (C=O) groups is 1. The van der Waals surface area contributed by atoms with E-state index in [0.717, 1.165) is 32.5 Å². The Morgan fingerprint density at radius 3 is 2.63 bits per heavy atom. The zero-order valence-corrected chi connectivity index (χ0v) is 12.3. The third kappa shape index (κ3) is 5.11. The van der Waals surface area contributed by atoms with Crippen molar-refractivity contribution < 1.29 is 4.79 Å². The van der Waals surface area contributed by atoms with Crippen molar-refractivity contribution in [2.45, 2.75) is 51.5 Å². The van der Waals surface area contributed by atoms with E-state index in [1.807, 2.05) is 0 Å². The van der Waals surface area contributed by atoms with Crippen LogP contribution in [-0.2, 0) is 4.79 Å². The molecule has 2 rings (SSSR count). The van der Waals surface area contributed by atoms with Gasteiger partial charge in [0, 0.05) is 19.0 Å². The zero-order valence-electron chi connectivity index (χ0n) is 12.3. The van der Waals surface area contributed by atoms with Gasteiger partial charge in [0.1, 0.15) is 0 Å². The highest BCUT2D eigenvalue weighted by Gasteiger charge is 2.19. The summed E-state index contributed by atoms with van der Waals surface area (Å²) in [6, 6.07) is 0.484. The molecule has 2 saturated heterocycles. The number of rotatable bonds is 5. The first kappa shape index (κ1) is 14.8. The van der Waals surface area contributed by atoms with Gasteiger partial charge >= 0.3 is 0 Å². The summed E-state index contributed by atoms with van der Waals surface area (Å²) in [5, 5.41) is 6.47. The second-order valence-corrected chi connectivity index (χ2v) is 6.15. The molecular weight excluding hydrogens is 238 g/mol. The van der Waals surface area contributed by atoms with Crippen molar-refractivity contribution in [1.29, 1.82) is 0 Å². The summed E-state index contributed by atoms with van der Waals surface area (Å²) >= 11 is 0. The fourth-order valence-corrected chi connectivity index (χ4v) is 3.17. The Morgan fingerprint density at radius 1 is 1.26 bits per heavy atom. The molecule has 110 valence electrons. The van der Waals surface area contributed by atoms with E-state index in [4.69, 9.17) is 0 Å². The molecule has 0 bridgehead atoms. The predicted molar refractivity (Wildman–Crippen MR) is 78.1 cm³/mol. The summed E-state index contributed by atoms with van der Waals surface area (Å²) in [6.07, 6.45) is 7.00. The molecule has 1 amide bonds. The summed E-state index contributed by atoms with van der Waals surface area (Å²) in [4.78, 5) is 14.5. The van der Waals surface area contributed by atoms with Gasteiger partial charge in [0.25, 0.3) is 0 Å². The summed E-state index contributed by atoms with van der Waals surface area (Å²) in [5.41, 5.74) is 0. The number of hydrogen-bond donors (Lipinski definition) is 2. The molecule has 4 nitrogen and oxygen atoms in total. The molecule has 0 aliphatic carbocycles. The Bertz CT molecular complexity index is 271. The molecule has 2 heterocycles. The minimum atomic E-state index is 0.246. The lowest BCUT2D eigenvalue weighted by Crippen LogP contribution is -2.44. The van der Waals surface area contributed by atoms with Crippen LogP contribution >= 0.6 is 0 Å². The van der Waals surface area contributed by atoms with E-state index in [9.17, 15) is 4.79 Å². The van der Waals surface area contributed by atoms with Gasteiger partial charge in [-0.2, -0.15) is 0 Å². The SMILES string of the molecule is CC(CNC(=O)CC1CCNCC1)N1CCCCC1. The Morgan fingerprint density at radius 2 is 1.95 bits per heavy atom. The monoisotopic (exact) mass is 267 g/mol. The molecule has 0 aromatic carbocycles. The fraction of sp³-hybridized carbons (Fsp3) is 0.933. The molecule has 1 atom stereocenters. The van der Waals surface area contributed by atoms with Gasteiger partial charge in [0.2, 0.25) is 5.91 Å². The lowest BCUT2D eigenvalue weighted by atomic mass is 9.94. The number of likely N-dealkylation sites (tertiary alicyclic amines) is 1. The minimum absolute atomic E-state index is 0.246. The number of piperidine rings is 2. The van der Waals surface area contributed by atoms with E-state index < -0.39 is 0 Å². The summed E-state index contributed by atoms with van der Waals surface area (Å²) < 4.78 is 0. The highest BCUT2D eigenvalue weighted by atomic mass is 16.1. The quantitative estimate of drug-likeness (QED) is 0.791. The maximum atomic E-state index is 11.9. The first-order chi connectivity index (χ1) is 9.25.